The first kappa shape index (κ1) is 16.0. The Morgan fingerprint density at radius 2 is 1.86 bits per heavy atom. The molecule has 0 amide bonds. The minimum Gasteiger partial charge on any atom is -0.496 e. The molecule has 4 heteroatoms. The molecule has 2 N–H and O–H groups in total. The second-order valence-electron chi connectivity index (χ2n) is 5.10. The van der Waals surface area contributed by atoms with Gasteiger partial charge in [-0.05, 0) is 35.7 Å². The van der Waals surface area contributed by atoms with Crippen LogP contribution in [0.5, 0.6) is 5.75 Å². The highest BCUT2D eigenvalue weighted by molar-refractivity contribution is 5.78. The van der Waals surface area contributed by atoms with Crippen molar-refractivity contribution in [3.8, 4) is 16.9 Å². The van der Waals surface area contributed by atoms with Crippen LogP contribution < -0.4 is 10.5 Å². The van der Waals surface area contributed by atoms with Gasteiger partial charge in [-0.25, -0.2) is 0 Å². The summed E-state index contributed by atoms with van der Waals surface area (Å²) in [5.74, 6) is 0.247. The third-order valence-electron chi connectivity index (χ3n) is 3.78. The molecule has 2 aromatic carbocycles. The topological polar surface area (TPSA) is 61.5 Å². The number of nitrogens with two attached hydrogens (primary N) is 1. The van der Waals surface area contributed by atoms with Gasteiger partial charge in [-0.1, -0.05) is 30.3 Å². The SMILES string of the molecule is COC(=O)C(C)c1cccc(-c2ccc(OC)c(CN)c2)c1. The summed E-state index contributed by atoms with van der Waals surface area (Å²) >= 11 is 0. The molecule has 4 nitrogen and oxygen atoms in total. The first-order valence-electron chi connectivity index (χ1n) is 7.15. The van der Waals surface area contributed by atoms with Gasteiger partial charge in [-0.15, -0.1) is 0 Å². The van der Waals surface area contributed by atoms with E-state index < -0.39 is 0 Å². The first-order chi connectivity index (χ1) is 10.6. The Morgan fingerprint density at radius 3 is 2.50 bits per heavy atom. The zero-order valence-corrected chi connectivity index (χ0v) is 13.1. The number of esters is 1. The summed E-state index contributed by atoms with van der Waals surface area (Å²) in [5.41, 5.74) is 9.72. The van der Waals surface area contributed by atoms with Crippen LogP contribution in [0.15, 0.2) is 42.5 Å². The van der Waals surface area contributed by atoms with Gasteiger partial charge < -0.3 is 15.2 Å². The van der Waals surface area contributed by atoms with Gasteiger partial charge in [0.2, 0.25) is 0 Å². The Morgan fingerprint density at radius 1 is 1.14 bits per heavy atom. The smallest absolute Gasteiger partial charge is 0.312 e. The van der Waals surface area contributed by atoms with Crippen molar-refractivity contribution in [3.63, 3.8) is 0 Å². The number of rotatable bonds is 5. The summed E-state index contributed by atoms with van der Waals surface area (Å²) < 4.78 is 10.1. The van der Waals surface area contributed by atoms with Gasteiger partial charge in [0.1, 0.15) is 5.75 Å². The molecular weight excluding hydrogens is 278 g/mol. The molecule has 1 unspecified atom stereocenters. The first-order valence-corrected chi connectivity index (χ1v) is 7.15. The number of benzene rings is 2. The second-order valence-corrected chi connectivity index (χ2v) is 5.10. The molecule has 0 fully saturated rings. The minimum absolute atomic E-state index is 0.241. The van der Waals surface area contributed by atoms with Crippen molar-refractivity contribution in [1.29, 1.82) is 0 Å². The van der Waals surface area contributed by atoms with Crippen LogP contribution in [-0.2, 0) is 16.1 Å². The highest BCUT2D eigenvalue weighted by Gasteiger charge is 2.16. The van der Waals surface area contributed by atoms with Crippen molar-refractivity contribution in [3.05, 3.63) is 53.6 Å². The van der Waals surface area contributed by atoms with Crippen molar-refractivity contribution in [2.45, 2.75) is 19.4 Å². The maximum absolute atomic E-state index is 11.7. The lowest BCUT2D eigenvalue weighted by Gasteiger charge is -2.13. The predicted octanol–water partition coefficient (Wildman–Crippen LogP) is 3.10. The van der Waals surface area contributed by atoms with E-state index in [1.165, 1.54) is 7.11 Å². The quantitative estimate of drug-likeness (QED) is 0.862. The number of ether oxygens (including phenoxy) is 2. The lowest BCUT2D eigenvalue weighted by Crippen LogP contribution is -2.10. The average molecular weight is 299 g/mol. The van der Waals surface area contributed by atoms with Gasteiger partial charge in [0, 0.05) is 12.1 Å². The highest BCUT2D eigenvalue weighted by Crippen LogP contribution is 2.28. The maximum Gasteiger partial charge on any atom is 0.312 e. The molecule has 0 aromatic heterocycles. The molecule has 1 atom stereocenters. The minimum atomic E-state index is -0.294. The molecule has 0 aliphatic heterocycles. The van der Waals surface area contributed by atoms with Gasteiger partial charge in [0.05, 0.1) is 20.1 Å². The summed E-state index contributed by atoms with van der Waals surface area (Å²) in [7, 11) is 3.03. The third-order valence-corrected chi connectivity index (χ3v) is 3.78. The van der Waals surface area contributed by atoms with E-state index in [0.29, 0.717) is 6.54 Å². The van der Waals surface area contributed by atoms with Crippen LogP contribution in [0.25, 0.3) is 11.1 Å². The fraction of sp³-hybridized carbons (Fsp3) is 0.278. The van der Waals surface area contributed by atoms with Crippen LogP contribution in [-0.4, -0.2) is 20.2 Å². The number of hydrogen-bond donors (Lipinski definition) is 1. The molecule has 2 rings (SSSR count). The zero-order chi connectivity index (χ0) is 16.1. The molecular formula is C18H21NO3. The van der Waals surface area contributed by atoms with Gasteiger partial charge in [-0.2, -0.15) is 0 Å². The molecule has 22 heavy (non-hydrogen) atoms. The van der Waals surface area contributed by atoms with Crippen molar-refractivity contribution < 1.29 is 14.3 Å². The van der Waals surface area contributed by atoms with E-state index in [2.05, 4.69) is 0 Å². The molecule has 0 heterocycles. The van der Waals surface area contributed by atoms with Crippen LogP contribution in [0.3, 0.4) is 0 Å². The van der Waals surface area contributed by atoms with Crippen LogP contribution in [0, 0.1) is 0 Å². The lowest BCUT2D eigenvalue weighted by atomic mass is 9.95. The Kier molecular flexibility index (Phi) is 5.17. The third kappa shape index (κ3) is 3.28. The standard InChI is InChI=1S/C18H21NO3/c1-12(18(20)22-3)13-5-4-6-14(9-13)15-7-8-17(21-2)16(10-15)11-19/h4-10,12H,11,19H2,1-3H3. The highest BCUT2D eigenvalue weighted by atomic mass is 16.5. The van der Waals surface area contributed by atoms with Crippen LogP contribution >= 0.6 is 0 Å². The summed E-state index contributed by atoms with van der Waals surface area (Å²) in [6.07, 6.45) is 0. The number of methoxy groups -OCH3 is 2. The van der Waals surface area contributed by atoms with Gasteiger partial charge in [0.25, 0.3) is 0 Å². The van der Waals surface area contributed by atoms with Crippen molar-refractivity contribution >= 4 is 5.97 Å². The van der Waals surface area contributed by atoms with E-state index in [0.717, 1.165) is 28.0 Å². The van der Waals surface area contributed by atoms with Crippen molar-refractivity contribution in [2.24, 2.45) is 5.73 Å². The summed E-state index contributed by atoms with van der Waals surface area (Å²) in [6, 6.07) is 13.8. The molecule has 0 aliphatic rings. The van der Waals surface area contributed by atoms with E-state index >= 15 is 0 Å². The Bertz CT molecular complexity index is 667. The average Bonchev–Trinajstić information content (AvgIpc) is 2.59. The van der Waals surface area contributed by atoms with Crippen molar-refractivity contribution in [1.82, 2.24) is 0 Å². The van der Waals surface area contributed by atoms with Crippen molar-refractivity contribution in [2.75, 3.05) is 14.2 Å². The van der Waals surface area contributed by atoms with E-state index in [9.17, 15) is 4.79 Å². The molecule has 0 radical (unpaired) electrons. The molecule has 0 aliphatic carbocycles. The molecule has 0 saturated carbocycles. The number of carbonyl (C=O) groups is 1. The van der Waals surface area contributed by atoms with E-state index in [1.807, 2.05) is 49.4 Å². The number of hydrogen-bond acceptors (Lipinski definition) is 4. The molecule has 0 spiro atoms. The molecule has 0 saturated heterocycles. The molecule has 116 valence electrons. The monoisotopic (exact) mass is 299 g/mol. The zero-order valence-electron chi connectivity index (χ0n) is 13.1. The maximum atomic E-state index is 11.7. The number of carbonyl (C=O) groups excluding carboxylic acids is 1. The van der Waals surface area contributed by atoms with Crippen LogP contribution in [0.4, 0.5) is 0 Å². The Balaban J connectivity index is 2.39. The normalized spacial score (nSPS) is 11.8. The second kappa shape index (κ2) is 7.09. The van der Waals surface area contributed by atoms with Gasteiger partial charge in [-0.3, -0.25) is 4.79 Å². The molecule has 0 bridgehead atoms. The van der Waals surface area contributed by atoms with Gasteiger partial charge >= 0.3 is 5.97 Å². The van der Waals surface area contributed by atoms with E-state index in [-0.39, 0.29) is 11.9 Å². The lowest BCUT2D eigenvalue weighted by molar-refractivity contribution is -0.141. The summed E-state index contributed by atoms with van der Waals surface area (Å²) in [6.45, 7) is 2.25. The predicted molar refractivity (Wildman–Crippen MR) is 86.8 cm³/mol. The Hall–Kier alpha value is -2.33. The van der Waals surface area contributed by atoms with Crippen LogP contribution in [0.2, 0.25) is 0 Å². The fourth-order valence-electron chi connectivity index (χ4n) is 2.42. The summed E-state index contributed by atoms with van der Waals surface area (Å²) in [5, 5.41) is 0. The fourth-order valence-corrected chi connectivity index (χ4v) is 2.42. The van der Waals surface area contributed by atoms with E-state index in [1.54, 1.807) is 7.11 Å². The largest absolute Gasteiger partial charge is 0.496 e. The Labute approximate surface area is 130 Å². The van der Waals surface area contributed by atoms with Crippen LogP contribution in [0.1, 0.15) is 24.0 Å². The van der Waals surface area contributed by atoms with Gasteiger partial charge in [0.15, 0.2) is 0 Å². The summed E-state index contributed by atoms with van der Waals surface area (Å²) in [4.78, 5) is 11.7. The molecule has 2 aromatic rings. The van der Waals surface area contributed by atoms with E-state index in [4.69, 9.17) is 15.2 Å².